The lowest BCUT2D eigenvalue weighted by molar-refractivity contribution is 0.554. The van der Waals surface area contributed by atoms with Crippen LogP contribution in [0.15, 0.2) is 48.8 Å². The highest BCUT2D eigenvalue weighted by Crippen LogP contribution is 2.23. The maximum absolute atomic E-state index is 13.7. The molecule has 2 aromatic rings. The maximum Gasteiger partial charge on any atom is 0.146 e. The average molecular weight is 230 g/mol. The summed E-state index contributed by atoms with van der Waals surface area (Å²) in [6.07, 6.45) is 2.87. The molecule has 0 aliphatic carbocycles. The fourth-order valence-corrected chi connectivity index (χ4v) is 1.88. The highest BCUT2D eigenvalue weighted by Gasteiger charge is 2.16. The van der Waals surface area contributed by atoms with Crippen molar-refractivity contribution in [2.45, 2.75) is 13.0 Å². The van der Waals surface area contributed by atoms with Crippen molar-refractivity contribution in [3.63, 3.8) is 0 Å². The molecule has 2 nitrogen and oxygen atoms in total. The van der Waals surface area contributed by atoms with E-state index in [1.807, 2.05) is 37.3 Å². The number of rotatable bonds is 4. The number of hydrogen-bond acceptors (Lipinski definition) is 2. The SMILES string of the molecule is CCNC(c1ccccc1)c1ccncc1F. The molecule has 1 aromatic carbocycles. The Morgan fingerprint density at radius 3 is 2.65 bits per heavy atom. The first kappa shape index (κ1) is 11.7. The molecular formula is C14H15FN2. The fourth-order valence-electron chi connectivity index (χ4n) is 1.88. The Balaban J connectivity index is 2.39. The number of halogens is 1. The number of nitrogens with one attached hydrogen (secondary N) is 1. The van der Waals surface area contributed by atoms with Gasteiger partial charge in [-0.15, -0.1) is 0 Å². The van der Waals surface area contributed by atoms with Gasteiger partial charge in [0.1, 0.15) is 5.82 Å². The summed E-state index contributed by atoms with van der Waals surface area (Å²) >= 11 is 0. The zero-order chi connectivity index (χ0) is 12.1. The summed E-state index contributed by atoms with van der Waals surface area (Å²) < 4.78 is 13.7. The molecule has 88 valence electrons. The van der Waals surface area contributed by atoms with E-state index >= 15 is 0 Å². The first-order valence-corrected chi connectivity index (χ1v) is 5.70. The smallest absolute Gasteiger partial charge is 0.146 e. The molecule has 1 aromatic heterocycles. The molecule has 1 unspecified atom stereocenters. The summed E-state index contributed by atoms with van der Waals surface area (Å²) in [5.74, 6) is -0.276. The third-order valence-electron chi connectivity index (χ3n) is 2.66. The van der Waals surface area contributed by atoms with Gasteiger partial charge in [-0.25, -0.2) is 4.39 Å². The van der Waals surface area contributed by atoms with E-state index in [0.29, 0.717) is 5.56 Å². The van der Waals surface area contributed by atoms with Gasteiger partial charge in [-0.1, -0.05) is 37.3 Å². The van der Waals surface area contributed by atoms with Crippen LogP contribution in [0.3, 0.4) is 0 Å². The largest absolute Gasteiger partial charge is 0.306 e. The van der Waals surface area contributed by atoms with E-state index in [1.165, 1.54) is 6.20 Å². The van der Waals surface area contributed by atoms with E-state index in [1.54, 1.807) is 12.3 Å². The van der Waals surface area contributed by atoms with Gasteiger partial charge in [0.2, 0.25) is 0 Å². The molecule has 2 rings (SSSR count). The first-order chi connectivity index (χ1) is 8.33. The van der Waals surface area contributed by atoms with Crippen LogP contribution in [0, 0.1) is 5.82 Å². The molecule has 0 amide bonds. The number of nitrogens with zero attached hydrogens (tertiary/aromatic N) is 1. The molecule has 0 saturated carbocycles. The van der Waals surface area contributed by atoms with Gasteiger partial charge in [0.15, 0.2) is 0 Å². The molecule has 0 aliphatic rings. The number of hydrogen-bond donors (Lipinski definition) is 1. The Bertz CT molecular complexity index is 471. The minimum atomic E-state index is -0.276. The summed E-state index contributed by atoms with van der Waals surface area (Å²) in [4.78, 5) is 3.78. The summed E-state index contributed by atoms with van der Waals surface area (Å²) in [5, 5.41) is 3.29. The van der Waals surface area contributed by atoms with E-state index in [2.05, 4.69) is 10.3 Å². The molecule has 0 fully saturated rings. The molecule has 1 atom stereocenters. The Labute approximate surface area is 101 Å². The quantitative estimate of drug-likeness (QED) is 0.873. The lowest BCUT2D eigenvalue weighted by Gasteiger charge is -2.19. The molecule has 3 heteroatoms. The molecule has 17 heavy (non-hydrogen) atoms. The highest BCUT2D eigenvalue weighted by atomic mass is 19.1. The Morgan fingerprint density at radius 2 is 2.00 bits per heavy atom. The van der Waals surface area contributed by atoms with Crippen LogP contribution in [0.4, 0.5) is 4.39 Å². The fraction of sp³-hybridized carbons (Fsp3) is 0.214. The van der Waals surface area contributed by atoms with Gasteiger partial charge >= 0.3 is 0 Å². The molecule has 1 N–H and O–H groups in total. The van der Waals surface area contributed by atoms with Crippen LogP contribution in [0.25, 0.3) is 0 Å². The molecule has 0 bridgehead atoms. The molecule has 0 spiro atoms. The van der Waals surface area contributed by atoms with Crippen LogP contribution in [0.1, 0.15) is 24.1 Å². The van der Waals surface area contributed by atoms with Gasteiger partial charge in [-0.3, -0.25) is 4.98 Å². The van der Waals surface area contributed by atoms with Crippen molar-refractivity contribution in [1.29, 1.82) is 0 Å². The second-order valence-corrected chi connectivity index (χ2v) is 3.80. The van der Waals surface area contributed by atoms with E-state index in [-0.39, 0.29) is 11.9 Å². The Morgan fingerprint density at radius 1 is 1.24 bits per heavy atom. The summed E-state index contributed by atoms with van der Waals surface area (Å²) in [6.45, 7) is 2.79. The predicted octanol–water partition coefficient (Wildman–Crippen LogP) is 2.92. The van der Waals surface area contributed by atoms with Gasteiger partial charge in [0.25, 0.3) is 0 Å². The minimum absolute atomic E-state index is 0.121. The maximum atomic E-state index is 13.7. The normalized spacial score (nSPS) is 12.4. The molecule has 0 radical (unpaired) electrons. The lowest BCUT2D eigenvalue weighted by Crippen LogP contribution is -2.23. The van der Waals surface area contributed by atoms with Gasteiger partial charge in [-0.05, 0) is 18.2 Å². The van der Waals surface area contributed by atoms with E-state index in [9.17, 15) is 4.39 Å². The van der Waals surface area contributed by atoms with Crippen LogP contribution in [0.5, 0.6) is 0 Å². The van der Waals surface area contributed by atoms with Crippen LogP contribution >= 0.6 is 0 Å². The number of pyridine rings is 1. The predicted molar refractivity (Wildman–Crippen MR) is 66.2 cm³/mol. The van der Waals surface area contributed by atoms with Crippen LogP contribution < -0.4 is 5.32 Å². The van der Waals surface area contributed by atoms with Crippen molar-refractivity contribution in [2.24, 2.45) is 0 Å². The van der Waals surface area contributed by atoms with Crippen molar-refractivity contribution >= 4 is 0 Å². The zero-order valence-electron chi connectivity index (χ0n) is 9.73. The van der Waals surface area contributed by atoms with Gasteiger partial charge in [-0.2, -0.15) is 0 Å². The summed E-state index contributed by atoms with van der Waals surface area (Å²) in [5.41, 5.74) is 1.69. The van der Waals surface area contributed by atoms with E-state index in [0.717, 1.165) is 12.1 Å². The van der Waals surface area contributed by atoms with Crippen LogP contribution in [-0.4, -0.2) is 11.5 Å². The molecule has 0 aliphatic heterocycles. The molecular weight excluding hydrogens is 215 g/mol. The third-order valence-corrected chi connectivity index (χ3v) is 2.66. The molecule has 1 heterocycles. The standard InChI is InChI=1S/C14H15FN2/c1-2-17-14(11-6-4-3-5-7-11)12-8-9-16-10-13(12)15/h3-10,14,17H,2H2,1H3. The second-order valence-electron chi connectivity index (χ2n) is 3.80. The lowest BCUT2D eigenvalue weighted by atomic mass is 9.99. The first-order valence-electron chi connectivity index (χ1n) is 5.70. The van der Waals surface area contributed by atoms with E-state index < -0.39 is 0 Å². The zero-order valence-corrected chi connectivity index (χ0v) is 9.73. The Kier molecular flexibility index (Phi) is 3.83. The topological polar surface area (TPSA) is 24.9 Å². The van der Waals surface area contributed by atoms with Crippen molar-refractivity contribution < 1.29 is 4.39 Å². The second kappa shape index (κ2) is 5.55. The van der Waals surface area contributed by atoms with Crippen molar-refractivity contribution in [2.75, 3.05) is 6.54 Å². The number of aromatic nitrogens is 1. The summed E-state index contributed by atoms with van der Waals surface area (Å²) in [7, 11) is 0. The minimum Gasteiger partial charge on any atom is -0.306 e. The van der Waals surface area contributed by atoms with Gasteiger partial charge in [0, 0.05) is 11.8 Å². The highest BCUT2D eigenvalue weighted by molar-refractivity contribution is 5.31. The Hall–Kier alpha value is -1.74. The molecule has 0 saturated heterocycles. The van der Waals surface area contributed by atoms with Crippen molar-refractivity contribution in [3.05, 3.63) is 65.7 Å². The van der Waals surface area contributed by atoms with E-state index in [4.69, 9.17) is 0 Å². The van der Waals surface area contributed by atoms with Crippen molar-refractivity contribution in [3.8, 4) is 0 Å². The monoisotopic (exact) mass is 230 g/mol. The van der Waals surface area contributed by atoms with Gasteiger partial charge in [0.05, 0.1) is 12.2 Å². The average Bonchev–Trinajstić information content (AvgIpc) is 2.38. The number of benzene rings is 1. The van der Waals surface area contributed by atoms with Crippen LogP contribution in [0.2, 0.25) is 0 Å². The van der Waals surface area contributed by atoms with Crippen molar-refractivity contribution in [1.82, 2.24) is 10.3 Å². The van der Waals surface area contributed by atoms with Gasteiger partial charge < -0.3 is 5.32 Å². The summed E-state index contributed by atoms with van der Waals surface area (Å²) in [6, 6.07) is 11.5. The van der Waals surface area contributed by atoms with Crippen LogP contribution in [-0.2, 0) is 0 Å². The third kappa shape index (κ3) is 2.68.